The Bertz CT molecular complexity index is 488. The molecule has 0 amide bonds. The van der Waals surface area contributed by atoms with Crippen LogP contribution in [0, 0.1) is 0 Å². The van der Waals surface area contributed by atoms with Gasteiger partial charge in [0.2, 0.25) is 5.56 Å². The van der Waals surface area contributed by atoms with Gasteiger partial charge in [0.15, 0.2) is 0 Å². The van der Waals surface area contributed by atoms with E-state index in [-0.39, 0.29) is 11.3 Å². The molecule has 0 unspecified atom stereocenters. The second kappa shape index (κ2) is 3.33. The molecule has 2 N–H and O–H groups in total. The molecule has 0 spiro atoms. The predicted octanol–water partition coefficient (Wildman–Crippen LogP) is 1.14. The lowest BCUT2D eigenvalue weighted by Gasteiger charge is -1.99. The van der Waals surface area contributed by atoms with Crippen LogP contribution in [0.5, 0.6) is 5.75 Å². The summed E-state index contributed by atoms with van der Waals surface area (Å²) in [4.78, 5) is 17.6. The first kappa shape index (κ1) is 8.50. The standard InChI is InChI=1S/C10H8N2O2/c13-7-4-5-8(11-6-7)9-2-1-3-10(14)12-9/h1-6,13H,(H,12,14). The van der Waals surface area contributed by atoms with Crippen LogP contribution in [-0.2, 0) is 0 Å². The summed E-state index contributed by atoms with van der Waals surface area (Å²) in [6.45, 7) is 0. The van der Waals surface area contributed by atoms with Gasteiger partial charge in [-0.1, -0.05) is 6.07 Å². The maximum Gasteiger partial charge on any atom is 0.248 e. The molecule has 0 saturated carbocycles. The number of aromatic amines is 1. The molecule has 4 nitrogen and oxygen atoms in total. The normalized spacial score (nSPS) is 10.0. The smallest absolute Gasteiger partial charge is 0.248 e. The molecule has 0 aliphatic heterocycles. The molecule has 0 aromatic carbocycles. The average Bonchev–Trinajstić information content (AvgIpc) is 2.19. The van der Waals surface area contributed by atoms with E-state index in [0.717, 1.165) is 0 Å². The summed E-state index contributed by atoms with van der Waals surface area (Å²) in [5.41, 5.74) is 1.09. The van der Waals surface area contributed by atoms with Crippen LogP contribution in [0.25, 0.3) is 11.4 Å². The van der Waals surface area contributed by atoms with Crippen LogP contribution >= 0.6 is 0 Å². The van der Waals surface area contributed by atoms with Crippen LogP contribution < -0.4 is 5.56 Å². The van der Waals surface area contributed by atoms with Gasteiger partial charge in [0.05, 0.1) is 17.6 Å². The minimum Gasteiger partial charge on any atom is -0.506 e. The van der Waals surface area contributed by atoms with E-state index in [1.165, 1.54) is 18.3 Å². The minimum absolute atomic E-state index is 0.104. The third-order valence-corrected chi connectivity index (χ3v) is 1.79. The molecule has 14 heavy (non-hydrogen) atoms. The quantitative estimate of drug-likeness (QED) is 0.705. The van der Waals surface area contributed by atoms with E-state index in [2.05, 4.69) is 9.97 Å². The molecular weight excluding hydrogens is 180 g/mol. The molecule has 0 fully saturated rings. The van der Waals surface area contributed by atoms with Crippen molar-refractivity contribution in [2.45, 2.75) is 0 Å². The molecule has 2 rings (SSSR count). The van der Waals surface area contributed by atoms with Crippen LogP contribution in [0.3, 0.4) is 0 Å². The fourth-order valence-electron chi connectivity index (χ4n) is 1.14. The van der Waals surface area contributed by atoms with Crippen molar-refractivity contribution in [2.24, 2.45) is 0 Å². The van der Waals surface area contributed by atoms with Crippen molar-refractivity contribution in [3.05, 3.63) is 46.9 Å². The zero-order valence-electron chi connectivity index (χ0n) is 7.27. The van der Waals surface area contributed by atoms with Crippen molar-refractivity contribution in [3.8, 4) is 17.1 Å². The Morgan fingerprint density at radius 2 is 2.07 bits per heavy atom. The fraction of sp³-hybridized carbons (Fsp3) is 0. The monoisotopic (exact) mass is 188 g/mol. The summed E-state index contributed by atoms with van der Waals surface area (Å²) in [6.07, 6.45) is 1.33. The molecule has 70 valence electrons. The molecule has 0 saturated heterocycles. The van der Waals surface area contributed by atoms with Crippen molar-refractivity contribution in [3.63, 3.8) is 0 Å². The minimum atomic E-state index is -0.169. The third-order valence-electron chi connectivity index (χ3n) is 1.79. The fourth-order valence-corrected chi connectivity index (χ4v) is 1.14. The topological polar surface area (TPSA) is 66.0 Å². The summed E-state index contributed by atoms with van der Waals surface area (Å²) in [7, 11) is 0. The van der Waals surface area contributed by atoms with E-state index >= 15 is 0 Å². The highest BCUT2D eigenvalue weighted by Gasteiger charge is 1.98. The largest absolute Gasteiger partial charge is 0.506 e. The van der Waals surface area contributed by atoms with Crippen molar-refractivity contribution >= 4 is 0 Å². The number of nitrogens with one attached hydrogen (secondary N) is 1. The number of aromatic nitrogens is 2. The van der Waals surface area contributed by atoms with Gasteiger partial charge < -0.3 is 10.1 Å². The molecule has 0 aliphatic rings. The zero-order chi connectivity index (χ0) is 9.97. The number of rotatable bonds is 1. The van der Waals surface area contributed by atoms with Gasteiger partial charge in [0, 0.05) is 6.07 Å². The molecule has 4 heteroatoms. The summed E-state index contributed by atoms with van der Waals surface area (Å²) in [5.74, 6) is 0.104. The molecule has 0 bridgehead atoms. The highest BCUT2D eigenvalue weighted by atomic mass is 16.3. The first-order valence-corrected chi connectivity index (χ1v) is 4.10. The van der Waals surface area contributed by atoms with Gasteiger partial charge in [-0.25, -0.2) is 0 Å². The lowest BCUT2D eigenvalue weighted by atomic mass is 10.2. The number of hydrogen-bond donors (Lipinski definition) is 2. The highest BCUT2D eigenvalue weighted by Crippen LogP contribution is 2.14. The van der Waals surface area contributed by atoms with Crippen molar-refractivity contribution in [1.82, 2.24) is 9.97 Å². The number of hydrogen-bond acceptors (Lipinski definition) is 3. The number of nitrogens with zero attached hydrogens (tertiary/aromatic N) is 1. The van der Waals surface area contributed by atoms with Crippen LogP contribution in [0.2, 0.25) is 0 Å². The van der Waals surface area contributed by atoms with Gasteiger partial charge in [0.25, 0.3) is 0 Å². The van der Waals surface area contributed by atoms with E-state index in [4.69, 9.17) is 5.11 Å². The molecule has 2 aromatic rings. The Kier molecular flexibility index (Phi) is 2.02. The first-order chi connectivity index (χ1) is 6.75. The van der Waals surface area contributed by atoms with Crippen molar-refractivity contribution < 1.29 is 5.11 Å². The van der Waals surface area contributed by atoms with E-state index < -0.39 is 0 Å². The van der Waals surface area contributed by atoms with E-state index in [1.807, 2.05) is 0 Å². The van der Waals surface area contributed by atoms with Crippen LogP contribution in [-0.4, -0.2) is 15.1 Å². The molecule has 0 aliphatic carbocycles. The van der Waals surface area contributed by atoms with E-state index in [9.17, 15) is 4.79 Å². The summed E-state index contributed by atoms with van der Waals surface area (Å²) in [6, 6.07) is 8.00. The Morgan fingerprint density at radius 1 is 1.21 bits per heavy atom. The van der Waals surface area contributed by atoms with Crippen molar-refractivity contribution in [2.75, 3.05) is 0 Å². The maximum atomic E-state index is 11.0. The summed E-state index contributed by atoms with van der Waals surface area (Å²) >= 11 is 0. The molecule has 2 aromatic heterocycles. The lowest BCUT2D eigenvalue weighted by Crippen LogP contribution is -2.03. The lowest BCUT2D eigenvalue weighted by molar-refractivity contribution is 0.473. The number of aromatic hydroxyl groups is 1. The SMILES string of the molecule is O=c1cccc(-c2ccc(O)cn2)[nH]1. The third kappa shape index (κ3) is 1.64. The van der Waals surface area contributed by atoms with Crippen LogP contribution in [0.1, 0.15) is 0 Å². The van der Waals surface area contributed by atoms with Crippen LogP contribution in [0.4, 0.5) is 0 Å². The highest BCUT2D eigenvalue weighted by molar-refractivity contribution is 5.53. The van der Waals surface area contributed by atoms with Gasteiger partial charge in [-0.05, 0) is 18.2 Å². The number of pyridine rings is 2. The van der Waals surface area contributed by atoms with Gasteiger partial charge in [0.1, 0.15) is 5.75 Å². The first-order valence-electron chi connectivity index (χ1n) is 4.10. The second-order valence-electron chi connectivity index (χ2n) is 2.83. The van der Waals surface area contributed by atoms with Gasteiger partial charge in [-0.15, -0.1) is 0 Å². The van der Waals surface area contributed by atoms with Gasteiger partial charge in [-0.2, -0.15) is 0 Å². The Labute approximate surface area is 79.9 Å². The Hall–Kier alpha value is -2.10. The zero-order valence-corrected chi connectivity index (χ0v) is 7.27. The van der Waals surface area contributed by atoms with E-state index in [1.54, 1.807) is 18.2 Å². The molecule has 0 radical (unpaired) electrons. The van der Waals surface area contributed by atoms with Gasteiger partial charge in [-0.3, -0.25) is 9.78 Å². The summed E-state index contributed by atoms with van der Waals surface area (Å²) < 4.78 is 0. The summed E-state index contributed by atoms with van der Waals surface area (Å²) in [5, 5.41) is 9.02. The average molecular weight is 188 g/mol. The molecule has 0 atom stereocenters. The van der Waals surface area contributed by atoms with Gasteiger partial charge >= 0.3 is 0 Å². The predicted molar refractivity (Wildman–Crippen MR) is 52.0 cm³/mol. The van der Waals surface area contributed by atoms with Crippen LogP contribution in [0.15, 0.2) is 41.3 Å². The number of H-pyrrole nitrogens is 1. The van der Waals surface area contributed by atoms with Crippen molar-refractivity contribution in [1.29, 1.82) is 0 Å². The molecule has 2 heterocycles. The Morgan fingerprint density at radius 3 is 2.71 bits per heavy atom. The Balaban J connectivity index is 2.50. The van der Waals surface area contributed by atoms with E-state index in [0.29, 0.717) is 11.4 Å². The second-order valence-corrected chi connectivity index (χ2v) is 2.83. The molecular formula is C10H8N2O2. The maximum absolute atomic E-state index is 11.0.